The van der Waals surface area contributed by atoms with Crippen molar-refractivity contribution in [1.82, 2.24) is 4.90 Å². The van der Waals surface area contributed by atoms with Crippen LogP contribution in [0, 0.1) is 0 Å². The monoisotopic (exact) mass is 286 g/mol. The van der Waals surface area contributed by atoms with Crippen LogP contribution in [0.3, 0.4) is 0 Å². The summed E-state index contributed by atoms with van der Waals surface area (Å²) in [6, 6.07) is 5.85. The third-order valence-corrected chi connectivity index (χ3v) is 3.18. The van der Waals surface area contributed by atoms with E-state index in [1.54, 1.807) is 0 Å². The van der Waals surface area contributed by atoms with Crippen molar-refractivity contribution in [3.05, 3.63) is 28.2 Å². The second-order valence-corrected chi connectivity index (χ2v) is 5.08. The molecule has 1 aromatic carbocycles. The number of anilines is 1. The highest BCUT2D eigenvalue weighted by atomic mass is 79.9. The Hall–Kier alpha value is -0.580. The van der Waals surface area contributed by atoms with Gasteiger partial charge in [-0.25, -0.2) is 0 Å². The van der Waals surface area contributed by atoms with E-state index >= 15 is 0 Å². The zero-order chi connectivity index (χ0) is 12.1. The van der Waals surface area contributed by atoms with Crippen molar-refractivity contribution in [1.29, 1.82) is 0 Å². The lowest BCUT2D eigenvalue weighted by Crippen LogP contribution is -2.22. The van der Waals surface area contributed by atoms with Crippen molar-refractivity contribution < 1.29 is 5.11 Å². The molecule has 1 rings (SSSR count). The van der Waals surface area contributed by atoms with Crippen molar-refractivity contribution in [2.24, 2.45) is 0 Å². The molecule has 0 bridgehead atoms. The summed E-state index contributed by atoms with van der Waals surface area (Å²) in [6.45, 7) is 3.55. The summed E-state index contributed by atoms with van der Waals surface area (Å²) in [5.41, 5.74) is 7.66. The zero-order valence-corrected chi connectivity index (χ0v) is 11.4. The fraction of sp³-hybridized carbons (Fsp3) is 0.500. The minimum atomic E-state index is -0.239. The first-order valence-electron chi connectivity index (χ1n) is 5.39. The number of nitrogens with zero attached hydrogens (tertiary/aromatic N) is 1. The molecule has 16 heavy (non-hydrogen) atoms. The van der Waals surface area contributed by atoms with Gasteiger partial charge in [0.05, 0.1) is 6.10 Å². The van der Waals surface area contributed by atoms with Crippen LogP contribution in [0.1, 0.15) is 18.9 Å². The molecule has 0 fully saturated rings. The number of nitrogen functional groups attached to an aromatic ring is 1. The number of nitrogens with two attached hydrogens (primary N) is 1. The van der Waals surface area contributed by atoms with Crippen LogP contribution in [0.25, 0.3) is 0 Å². The van der Waals surface area contributed by atoms with Crippen LogP contribution in [0.5, 0.6) is 0 Å². The van der Waals surface area contributed by atoms with Crippen LogP contribution in [0.4, 0.5) is 5.69 Å². The van der Waals surface area contributed by atoms with Gasteiger partial charge in [0.25, 0.3) is 0 Å². The quantitative estimate of drug-likeness (QED) is 0.817. The predicted molar refractivity (Wildman–Crippen MR) is 71.2 cm³/mol. The molecule has 4 heteroatoms. The normalized spacial score (nSPS) is 13.1. The average Bonchev–Trinajstić information content (AvgIpc) is 2.19. The summed E-state index contributed by atoms with van der Waals surface area (Å²) in [5, 5.41) is 9.21. The van der Waals surface area contributed by atoms with E-state index in [-0.39, 0.29) is 6.10 Å². The molecule has 0 heterocycles. The van der Waals surface area contributed by atoms with Gasteiger partial charge in [0.1, 0.15) is 0 Å². The van der Waals surface area contributed by atoms with E-state index in [1.807, 2.05) is 32.2 Å². The molecular weight excluding hydrogens is 268 g/mol. The molecule has 1 atom stereocenters. The van der Waals surface area contributed by atoms with Gasteiger partial charge in [-0.3, -0.25) is 0 Å². The summed E-state index contributed by atoms with van der Waals surface area (Å²) in [7, 11) is 2.05. The van der Waals surface area contributed by atoms with E-state index < -0.39 is 0 Å². The molecule has 0 aliphatic heterocycles. The molecule has 0 aromatic heterocycles. The van der Waals surface area contributed by atoms with Crippen molar-refractivity contribution in [3.63, 3.8) is 0 Å². The first-order valence-corrected chi connectivity index (χ1v) is 6.19. The van der Waals surface area contributed by atoms with Crippen LogP contribution in [0.15, 0.2) is 22.7 Å². The highest BCUT2D eigenvalue weighted by molar-refractivity contribution is 9.10. The summed E-state index contributed by atoms with van der Waals surface area (Å²) >= 11 is 3.50. The summed E-state index contributed by atoms with van der Waals surface area (Å²) < 4.78 is 1.04. The third kappa shape index (κ3) is 4.51. The summed E-state index contributed by atoms with van der Waals surface area (Å²) in [6.07, 6.45) is 0.556. The average molecular weight is 287 g/mol. The van der Waals surface area contributed by atoms with Gasteiger partial charge in [0, 0.05) is 23.2 Å². The molecule has 0 spiro atoms. The van der Waals surface area contributed by atoms with Crippen LogP contribution in [-0.4, -0.2) is 29.7 Å². The lowest BCUT2D eigenvalue weighted by atomic mass is 10.2. The molecule has 3 N–H and O–H groups in total. The first-order chi connectivity index (χ1) is 7.49. The first kappa shape index (κ1) is 13.5. The third-order valence-electron chi connectivity index (χ3n) is 2.45. The van der Waals surface area contributed by atoms with Gasteiger partial charge >= 0.3 is 0 Å². The van der Waals surface area contributed by atoms with Gasteiger partial charge < -0.3 is 15.7 Å². The van der Waals surface area contributed by atoms with Crippen LogP contribution < -0.4 is 5.73 Å². The Morgan fingerprint density at radius 1 is 1.50 bits per heavy atom. The van der Waals surface area contributed by atoms with E-state index in [0.717, 1.165) is 29.7 Å². The Balaban J connectivity index is 2.52. The van der Waals surface area contributed by atoms with Gasteiger partial charge in [-0.15, -0.1) is 0 Å². The van der Waals surface area contributed by atoms with E-state index in [9.17, 15) is 5.11 Å². The summed E-state index contributed by atoms with van der Waals surface area (Å²) in [5.74, 6) is 0. The Morgan fingerprint density at radius 2 is 2.19 bits per heavy atom. The minimum absolute atomic E-state index is 0.239. The lowest BCUT2D eigenvalue weighted by Gasteiger charge is -2.18. The molecular formula is C12H19BrN2O. The number of aliphatic hydroxyl groups excluding tert-OH is 1. The highest BCUT2D eigenvalue weighted by Gasteiger charge is 2.05. The lowest BCUT2D eigenvalue weighted by molar-refractivity contribution is 0.163. The molecule has 90 valence electrons. The van der Waals surface area contributed by atoms with Crippen molar-refractivity contribution in [2.75, 3.05) is 19.3 Å². The van der Waals surface area contributed by atoms with Gasteiger partial charge in [-0.1, -0.05) is 22.0 Å². The van der Waals surface area contributed by atoms with Crippen LogP contribution in [-0.2, 0) is 6.54 Å². The fourth-order valence-corrected chi connectivity index (χ4v) is 1.99. The standard InChI is InChI=1S/C12H19BrN2O/c1-9(16)5-6-15(2)8-10-3-4-11(14)7-12(10)13/h3-4,7,9,16H,5-6,8,14H2,1-2H3. The number of aliphatic hydroxyl groups is 1. The van der Waals surface area contributed by atoms with Gasteiger partial charge in [0.2, 0.25) is 0 Å². The number of hydrogen-bond donors (Lipinski definition) is 2. The molecule has 0 saturated carbocycles. The maximum absolute atomic E-state index is 9.21. The molecule has 0 saturated heterocycles. The smallest absolute Gasteiger partial charge is 0.0524 e. The second kappa shape index (κ2) is 6.23. The molecule has 0 radical (unpaired) electrons. The Bertz CT molecular complexity index is 342. The fourth-order valence-electron chi connectivity index (χ4n) is 1.47. The number of rotatable bonds is 5. The van der Waals surface area contributed by atoms with E-state index in [2.05, 4.69) is 20.8 Å². The Labute approximate surface area is 105 Å². The largest absolute Gasteiger partial charge is 0.399 e. The highest BCUT2D eigenvalue weighted by Crippen LogP contribution is 2.21. The maximum Gasteiger partial charge on any atom is 0.0524 e. The van der Waals surface area contributed by atoms with E-state index in [0.29, 0.717) is 0 Å². The molecule has 1 aromatic rings. The van der Waals surface area contributed by atoms with Crippen molar-refractivity contribution in [3.8, 4) is 0 Å². The second-order valence-electron chi connectivity index (χ2n) is 4.23. The zero-order valence-electron chi connectivity index (χ0n) is 9.78. The van der Waals surface area contributed by atoms with E-state index in [4.69, 9.17) is 5.73 Å². The molecule has 3 nitrogen and oxygen atoms in total. The molecule has 0 amide bonds. The van der Waals surface area contributed by atoms with Crippen LogP contribution >= 0.6 is 15.9 Å². The molecule has 0 aliphatic rings. The topological polar surface area (TPSA) is 49.5 Å². The molecule has 0 aliphatic carbocycles. The predicted octanol–water partition coefficient (Wildman–Crippen LogP) is 2.23. The van der Waals surface area contributed by atoms with Crippen molar-refractivity contribution >= 4 is 21.6 Å². The van der Waals surface area contributed by atoms with Crippen molar-refractivity contribution in [2.45, 2.75) is 26.0 Å². The van der Waals surface area contributed by atoms with Gasteiger partial charge in [0.15, 0.2) is 0 Å². The van der Waals surface area contributed by atoms with E-state index in [1.165, 1.54) is 5.56 Å². The molecule has 1 unspecified atom stereocenters. The minimum Gasteiger partial charge on any atom is -0.399 e. The van der Waals surface area contributed by atoms with Gasteiger partial charge in [-0.2, -0.15) is 0 Å². The Kier molecular flexibility index (Phi) is 5.25. The van der Waals surface area contributed by atoms with Crippen LogP contribution in [0.2, 0.25) is 0 Å². The summed E-state index contributed by atoms with van der Waals surface area (Å²) in [4.78, 5) is 2.18. The SMILES string of the molecule is CC(O)CCN(C)Cc1ccc(N)cc1Br. The maximum atomic E-state index is 9.21. The number of benzene rings is 1. The number of halogens is 1. The Morgan fingerprint density at radius 3 is 2.75 bits per heavy atom. The number of hydrogen-bond acceptors (Lipinski definition) is 3. The van der Waals surface area contributed by atoms with Gasteiger partial charge in [-0.05, 0) is 38.1 Å².